The average molecular weight is 365 g/mol. The minimum atomic E-state index is -4.50. The largest absolute Gasteiger partial charge is 0.418 e. The first-order chi connectivity index (χ1) is 11.5. The molecule has 0 aromatic heterocycles. The molecule has 0 bridgehead atoms. The molecule has 0 nitrogen and oxygen atoms in total. The summed E-state index contributed by atoms with van der Waals surface area (Å²) >= 11 is 5.92. The molecular weight excluding hydrogens is 352 g/mol. The molecule has 3 rings (SSSR count). The van der Waals surface area contributed by atoms with Gasteiger partial charge in [-0.25, -0.2) is 0 Å². The van der Waals surface area contributed by atoms with Crippen LogP contribution in [0.2, 0.25) is 5.02 Å². The Kier molecular flexibility index (Phi) is 4.93. The molecule has 0 saturated heterocycles. The molecule has 0 aliphatic heterocycles. The number of hydrogen-bond donors (Lipinski definition) is 0. The smallest absolute Gasteiger partial charge is 0.166 e. The maximum atomic E-state index is 13.6. The van der Waals surface area contributed by atoms with E-state index in [-0.39, 0.29) is 10.3 Å². The third-order valence-corrected chi connectivity index (χ3v) is 6.34. The molecule has 122 valence electrons. The Morgan fingerprint density at radius 1 is 0.667 bits per heavy atom. The normalized spacial score (nSPS) is 11.7. The average Bonchev–Trinajstić information content (AvgIpc) is 2.56. The minimum Gasteiger partial charge on any atom is -0.166 e. The summed E-state index contributed by atoms with van der Waals surface area (Å²) < 4.78 is 40.9. The summed E-state index contributed by atoms with van der Waals surface area (Å²) in [6.07, 6.45) is -4.50. The van der Waals surface area contributed by atoms with Crippen LogP contribution in [0.3, 0.4) is 0 Å². The summed E-state index contributed by atoms with van der Waals surface area (Å²) in [5, 5.41) is 1.67. The van der Waals surface area contributed by atoms with Gasteiger partial charge in [-0.2, -0.15) is 13.2 Å². The van der Waals surface area contributed by atoms with E-state index >= 15 is 0 Å². The first kappa shape index (κ1) is 17.0. The lowest BCUT2D eigenvalue weighted by Crippen LogP contribution is -2.27. The highest BCUT2D eigenvalue weighted by Gasteiger charge is 2.38. The Hall–Kier alpha value is -1.83. The van der Waals surface area contributed by atoms with Crippen molar-refractivity contribution in [1.82, 2.24) is 0 Å². The number of benzene rings is 3. The van der Waals surface area contributed by atoms with Crippen LogP contribution in [-0.2, 0) is 6.18 Å². The monoisotopic (exact) mass is 364 g/mol. The summed E-state index contributed by atoms with van der Waals surface area (Å²) in [5.41, 5.74) is -0.745. The maximum Gasteiger partial charge on any atom is 0.418 e. The number of hydrogen-bond acceptors (Lipinski definition) is 0. The van der Waals surface area contributed by atoms with Gasteiger partial charge in [0.25, 0.3) is 0 Å². The van der Waals surface area contributed by atoms with E-state index in [0.29, 0.717) is 0 Å². The summed E-state index contributed by atoms with van der Waals surface area (Å²) in [7, 11) is -1.35. The Morgan fingerprint density at radius 3 is 1.62 bits per heavy atom. The van der Waals surface area contributed by atoms with Crippen molar-refractivity contribution in [3.8, 4) is 0 Å². The minimum absolute atomic E-state index is 0.224. The highest BCUT2D eigenvalue weighted by atomic mass is 35.5. The van der Waals surface area contributed by atoms with Crippen LogP contribution in [-0.4, -0.2) is 0 Å². The van der Waals surface area contributed by atoms with Gasteiger partial charge in [0.2, 0.25) is 0 Å². The Bertz CT molecular complexity index is 778. The molecule has 0 aliphatic carbocycles. The van der Waals surface area contributed by atoms with E-state index in [2.05, 4.69) is 0 Å². The van der Waals surface area contributed by atoms with Crippen LogP contribution in [0.25, 0.3) is 0 Å². The highest BCUT2D eigenvalue weighted by Crippen LogP contribution is 2.41. The van der Waals surface area contributed by atoms with Gasteiger partial charge >= 0.3 is 6.18 Å². The van der Waals surface area contributed by atoms with Gasteiger partial charge in [-0.1, -0.05) is 84.4 Å². The number of rotatable bonds is 3. The molecule has 3 aromatic carbocycles. The van der Waals surface area contributed by atoms with Crippen LogP contribution in [0.5, 0.6) is 0 Å². The van der Waals surface area contributed by atoms with Crippen molar-refractivity contribution in [3.05, 3.63) is 89.4 Å². The van der Waals surface area contributed by atoms with Crippen molar-refractivity contribution >= 4 is 35.4 Å². The van der Waals surface area contributed by atoms with Gasteiger partial charge in [0, 0.05) is 0 Å². The van der Waals surface area contributed by atoms with Crippen LogP contribution in [0.15, 0.2) is 78.9 Å². The van der Waals surface area contributed by atoms with Gasteiger partial charge in [0.15, 0.2) is 0 Å². The van der Waals surface area contributed by atoms with Crippen molar-refractivity contribution in [2.45, 2.75) is 6.18 Å². The SMILES string of the molecule is FC(F)(F)c1c(Cl)cccc1P(c1ccccc1)c1ccccc1. The molecule has 0 fully saturated rings. The van der Waals surface area contributed by atoms with E-state index in [9.17, 15) is 13.2 Å². The molecule has 0 heterocycles. The van der Waals surface area contributed by atoms with Crippen LogP contribution >= 0.6 is 19.5 Å². The van der Waals surface area contributed by atoms with Crippen LogP contribution in [0, 0.1) is 0 Å². The fourth-order valence-electron chi connectivity index (χ4n) is 2.56. The third kappa shape index (κ3) is 3.48. The lowest BCUT2D eigenvalue weighted by Gasteiger charge is -2.23. The Morgan fingerprint density at radius 2 is 1.17 bits per heavy atom. The topological polar surface area (TPSA) is 0 Å². The molecule has 0 N–H and O–H groups in total. The number of alkyl halides is 3. The molecule has 0 amide bonds. The van der Waals surface area contributed by atoms with E-state index in [0.717, 1.165) is 10.6 Å². The van der Waals surface area contributed by atoms with Gasteiger partial charge in [-0.15, -0.1) is 0 Å². The van der Waals surface area contributed by atoms with Crippen molar-refractivity contribution in [3.63, 3.8) is 0 Å². The first-order valence-electron chi connectivity index (χ1n) is 7.24. The number of halogens is 4. The van der Waals surface area contributed by atoms with Crippen molar-refractivity contribution in [2.24, 2.45) is 0 Å². The van der Waals surface area contributed by atoms with Crippen LogP contribution in [0.1, 0.15) is 5.56 Å². The summed E-state index contributed by atoms with van der Waals surface area (Å²) in [6, 6.07) is 22.9. The fourth-order valence-corrected chi connectivity index (χ4v) is 5.41. The molecule has 0 saturated carbocycles. The van der Waals surface area contributed by atoms with E-state index in [1.54, 1.807) is 6.07 Å². The first-order valence-corrected chi connectivity index (χ1v) is 8.96. The second-order valence-electron chi connectivity index (χ2n) is 5.14. The molecule has 0 spiro atoms. The predicted molar refractivity (Wildman–Crippen MR) is 95.2 cm³/mol. The standard InChI is InChI=1S/C19H13ClF3P/c20-16-12-7-13-17(18(16)19(21,22)23)24(14-8-3-1-4-9-14)15-10-5-2-6-11-15/h1-13H. The van der Waals surface area contributed by atoms with E-state index in [1.165, 1.54) is 12.1 Å². The van der Waals surface area contributed by atoms with Gasteiger partial charge in [-0.3, -0.25) is 0 Å². The maximum absolute atomic E-state index is 13.6. The molecule has 24 heavy (non-hydrogen) atoms. The molecule has 5 heteroatoms. The summed E-state index contributed by atoms with van der Waals surface area (Å²) in [5.74, 6) is 0. The quantitative estimate of drug-likeness (QED) is 0.566. The zero-order chi connectivity index (χ0) is 17.2. The van der Waals surface area contributed by atoms with Gasteiger partial charge < -0.3 is 0 Å². The van der Waals surface area contributed by atoms with Crippen LogP contribution < -0.4 is 15.9 Å². The van der Waals surface area contributed by atoms with Crippen molar-refractivity contribution in [2.75, 3.05) is 0 Å². The Balaban J connectivity index is 2.27. The molecule has 0 radical (unpaired) electrons. The molecule has 0 atom stereocenters. The lowest BCUT2D eigenvalue weighted by molar-refractivity contribution is -0.136. The van der Waals surface area contributed by atoms with E-state index < -0.39 is 19.7 Å². The van der Waals surface area contributed by atoms with Crippen molar-refractivity contribution in [1.29, 1.82) is 0 Å². The second kappa shape index (κ2) is 6.96. The second-order valence-corrected chi connectivity index (χ2v) is 7.73. The molecule has 0 aliphatic rings. The van der Waals surface area contributed by atoms with Crippen molar-refractivity contribution < 1.29 is 13.2 Å². The zero-order valence-corrected chi connectivity index (χ0v) is 14.1. The summed E-state index contributed by atoms with van der Waals surface area (Å²) in [6.45, 7) is 0. The fraction of sp³-hybridized carbons (Fsp3) is 0.0526. The predicted octanol–water partition coefficient (Wildman–Crippen LogP) is 5.12. The highest BCUT2D eigenvalue weighted by molar-refractivity contribution is 7.79. The van der Waals surface area contributed by atoms with Gasteiger partial charge in [0.05, 0.1) is 10.6 Å². The zero-order valence-electron chi connectivity index (χ0n) is 12.5. The van der Waals surface area contributed by atoms with E-state index in [4.69, 9.17) is 11.6 Å². The van der Waals surface area contributed by atoms with Gasteiger partial charge in [0.1, 0.15) is 0 Å². The van der Waals surface area contributed by atoms with Gasteiger partial charge in [-0.05, 0) is 29.9 Å². The third-order valence-electron chi connectivity index (χ3n) is 3.54. The van der Waals surface area contributed by atoms with Crippen LogP contribution in [0.4, 0.5) is 13.2 Å². The molecule has 0 unspecified atom stereocenters. The van der Waals surface area contributed by atoms with E-state index in [1.807, 2.05) is 60.7 Å². The Labute approximate surface area is 144 Å². The lowest BCUT2D eigenvalue weighted by atomic mass is 10.2. The summed E-state index contributed by atoms with van der Waals surface area (Å²) in [4.78, 5) is 0. The molecular formula is C19H13ClF3P. The molecule has 3 aromatic rings.